The number of rotatable bonds is 4. The van der Waals surface area contributed by atoms with Crippen LogP contribution in [0.1, 0.15) is 12.5 Å². The van der Waals surface area contributed by atoms with Crippen LogP contribution in [0.15, 0.2) is 18.2 Å². The molecule has 0 amide bonds. The van der Waals surface area contributed by atoms with Crippen LogP contribution >= 0.6 is 15.9 Å². The number of nitrogens with zero attached hydrogens (tertiary/aromatic N) is 2. The molecule has 2 nitrogen and oxygen atoms in total. The lowest BCUT2D eigenvalue weighted by atomic mass is 10.1. The highest BCUT2D eigenvalue weighted by Gasteiger charge is 2.12. The van der Waals surface area contributed by atoms with Crippen LogP contribution in [0.5, 0.6) is 0 Å². The molecule has 0 radical (unpaired) electrons. The monoisotopic (exact) mass is 284 g/mol. The minimum absolute atomic E-state index is 0.0727. The molecule has 0 aromatic heterocycles. The Hall–Kier alpha value is -1.08. The van der Waals surface area contributed by atoms with Gasteiger partial charge in [-0.3, -0.25) is 0 Å². The van der Waals surface area contributed by atoms with Crippen LogP contribution < -0.4 is 4.90 Å². The maximum absolute atomic E-state index is 13.5. The van der Waals surface area contributed by atoms with Crippen LogP contribution in [0.25, 0.3) is 0 Å². The molecule has 0 aliphatic carbocycles. The predicted molar refractivity (Wildman–Crippen MR) is 67.1 cm³/mol. The molecule has 0 saturated heterocycles. The summed E-state index contributed by atoms with van der Waals surface area (Å²) in [4.78, 5) is 1.91. The van der Waals surface area contributed by atoms with Gasteiger partial charge in [-0.2, -0.15) is 5.26 Å². The molecule has 0 heterocycles. The summed E-state index contributed by atoms with van der Waals surface area (Å²) in [5.74, 6) is -0.290. The van der Waals surface area contributed by atoms with Gasteiger partial charge in [0.05, 0.1) is 12.0 Å². The second kappa shape index (κ2) is 5.86. The van der Waals surface area contributed by atoms with E-state index in [-0.39, 0.29) is 11.7 Å². The summed E-state index contributed by atoms with van der Waals surface area (Å²) in [5.41, 5.74) is 1.47. The molecular weight excluding hydrogens is 271 g/mol. The lowest BCUT2D eigenvalue weighted by Crippen LogP contribution is -2.24. The van der Waals surface area contributed by atoms with Gasteiger partial charge in [0, 0.05) is 30.2 Å². The SMILES string of the molecule is CC(C#N)CN(C)c1cccc(F)c1CBr. The van der Waals surface area contributed by atoms with Crippen molar-refractivity contribution in [2.24, 2.45) is 5.92 Å². The van der Waals surface area contributed by atoms with Crippen LogP contribution in [-0.2, 0) is 5.33 Å². The minimum Gasteiger partial charge on any atom is -0.373 e. The summed E-state index contributed by atoms with van der Waals surface area (Å²) in [5, 5.41) is 9.22. The van der Waals surface area contributed by atoms with Gasteiger partial charge < -0.3 is 4.90 Å². The van der Waals surface area contributed by atoms with E-state index in [1.165, 1.54) is 6.07 Å². The van der Waals surface area contributed by atoms with Gasteiger partial charge >= 0.3 is 0 Å². The first-order chi connectivity index (χ1) is 7.60. The molecule has 1 unspecified atom stereocenters. The van der Waals surface area contributed by atoms with E-state index in [1.54, 1.807) is 6.07 Å². The summed E-state index contributed by atoms with van der Waals surface area (Å²) in [6.45, 7) is 2.45. The summed E-state index contributed by atoms with van der Waals surface area (Å²) < 4.78 is 13.5. The number of alkyl halides is 1. The normalized spacial score (nSPS) is 11.9. The average molecular weight is 285 g/mol. The Balaban J connectivity index is 2.95. The van der Waals surface area contributed by atoms with Crippen molar-refractivity contribution in [1.82, 2.24) is 0 Å². The highest BCUT2D eigenvalue weighted by atomic mass is 79.9. The van der Waals surface area contributed by atoms with E-state index in [0.717, 1.165) is 5.69 Å². The van der Waals surface area contributed by atoms with Crippen molar-refractivity contribution >= 4 is 21.6 Å². The quantitative estimate of drug-likeness (QED) is 0.793. The van der Waals surface area contributed by atoms with E-state index < -0.39 is 0 Å². The lowest BCUT2D eigenvalue weighted by molar-refractivity contribution is 0.615. The molecule has 0 aliphatic heterocycles. The van der Waals surface area contributed by atoms with Crippen molar-refractivity contribution in [1.29, 1.82) is 5.26 Å². The standard InChI is InChI=1S/C12H14BrFN2/c1-9(7-15)8-16(2)12-5-3-4-11(14)10(12)6-13/h3-5,9H,6,8H2,1-2H3. The van der Waals surface area contributed by atoms with Crippen molar-refractivity contribution in [3.63, 3.8) is 0 Å². The molecule has 0 saturated carbocycles. The van der Waals surface area contributed by atoms with Crippen molar-refractivity contribution in [2.45, 2.75) is 12.3 Å². The van der Waals surface area contributed by atoms with Crippen LogP contribution in [0.2, 0.25) is 0 Å². The molecular formula is C12H14BrFN2. The zero-order valence-electron chi connectivity index (χ0n) is 9.37. The first-order valence-corrected chi connectivity index (χ1v) is 6.16. The van der Waals surface area contributed by atoms with Crippen molar-refractivity contribution < 1.29 is 4.39 Å². The molecule has 1 aromatic carbocycles. The second-order valence-electron chi connectivity index (χ2n) is 3.78. The predicted octanol–water partition coefficient (Wildman–Crippen LogP) is 3.32. The van der Waals surface area contributed by atoms with Gasteiger partial charge in [-0.25, -0.2) is 4.39 Å². The van der Waals surface area contributed by atoms with Gasteiger partial charge in [-0.05, 0) is 19.1 Å². The molecule has 4 heteroatoms. The van der Waals surface area contributed by atoms with E-state index in [2.05, 4.69) is 22.0 Å². The van der Waals surface area contributed by atoms with E-state index in [9.17, 15) is 4.39 Å². The van der Waals surface area contributed by atoms with Gasteiger partial charge in [0.15, 0.2) is 0 Å². The fourth-order valence-corrected chi connectivity index (χ4v) is 2.14. The Kier molecular flexibility index (Phi) is 4.75. The molecule has 0 N–H and O–H groups in total. The van der Waals surface area contributed by atoms with Crippen molar-refractivity contribution in [2.75, 3.05) is 18.5 Å². The van der Waals surface area contributed by atoms with Crippen molar-refractivity contribution in [3.8, 4) is 6.07 Å². The lowest BCUT2D eigenvalue weighted by Gasteiger charge is -2.23. The molecule has 1 aromatic rings. The third-order valence-electron chi connectivity index (χ3n) is 2.41. The molecule has 1 atom stereocenters. The average Bonchev–Trinajstić information content (AvgIpc) is 2.28. The van der Waals surface area contributed by atoms with E-state index >= 15 is 0 Å². The largest absolute Gasteiger partial charge is 0.373 e. The van der Waals surface area contributed by atoms with Gasteiger partial charge in [0.1, 0.15) is 5.82 Å². The Labute approximate surface area is 104 Å². The Morgan fingerprint density at radius 1 is 1.56 bits per heavy atom. The van der Waals surface area contributed by atoms with Crippen molar-refractivity contribution in [3.05, 3.63) is 29.6 Å². The number of benzene rings is 1. The third kappa shape index (κ3) is 2.96. The van der Waals surface area contributed by atoms with Crippen LogP contribution in [0.4, 0.5) is 10.1 Å². The molecule has 0 spiro atoms. The molecule has 1 rings (SSSR count). The molecule has 0 fully saturated rings. The van der Waals surface area contributed by atoms with E-state index in [0.29, 0.717) is 17.4 Å². The Bertz CT molecular complexity index is 400. The molecule has 0 bridgehead atoms. The van der Waals surface area contributed by atoms with Gasteiger partial charge in [-0.1, -0.05) is 22.0 Å². The van der Waals surface area contributed by atoms with Crippen LogP contribution in [-0.4, -0.2) is 13.6 Å². The number of anilines is 1. The Morgan fingerprint density at radius 3 is 2.81 bits per heavy atom. The smallest absolute Gasteiger partial charge is 0.129 e. The summed E-state index contributed by atoms with van der Waals surface area (Å²) in [7, 11) is 1.87. The topological polar surface area (TPSA) is 27.0 Å². The number of halogens is 2. The molecule has 16 heavy (non-hydrogen) atoms. The number of nitriles is 1. The van der Waals surface area contributed by atoms with Crippen LogP contribution in [0, 0.1) is 23.1 Å². The van der Waals surface area contributed by atoms with E-state index in [1.807, 2.05) is 24.9 Å². The third-order valence-corrected chi connectivity index (χ3v) is 2.97. The zero-order valence-corrected chi connectivity index (χ0v) is 11.0. The summed E-state index contributed by atoms with van der Waals surface area (Å²) in [6, 6.07) is 7.17. The fourth-order valence-electron chi connectivity index (χ4n) is 1.59. The molecule has 86 valence electrons. The zero-order chi connectivity index (χ0) is 12.1. The minimum atomic E-state index is -0.217. The maximum atomic E-state index is 13.5. The summed E-state index contributed by atoms with van der Waals surface area (Å²) >= 11 is 3.28. The van der Waals surface area contributed by atoms with Gasteiger partial charge in [-0.15, -0.1) is 0 Å². The number of hydrogen-bond donors (Lipinski definition) is 0. The maximum Gasteiger partial charge on any atom is 0.129 e. The summed E-state index contributed by atoms with van der Waals surface area (Å²) in [6.07, 6.45) is 0. The van der Waals surface area contributed by atoms with Gasteiger partial charge in [0.25, 0.3) is 0 Å². The van der Waals surface area contributed by atoms with E-state index in [4.69, 9.17) is 5.26 Å². The number of hydrogen-bond acceptors (Lipinski definition) is 2. The first-order valence-electron chi connectivity index (χ1n) is 5.04. The molecule has 0 aliphatic rings. The Morgan fingerprint density at radius 2 is 2.25 bits per heavy atom. The first kappa shape index (κ1) is 13.0. The fraction of sp³-hybridized carbons (Fsp3) is 0.417. The van der Waals surface area contributed by atoms with Gasteiger partial charge in [0.2, 0.25) is 0 Å². The van der Waals surface area contributed by atoms with Crippen LogP contribution in [0.3, 0.4) is 0 Å². The highest BCUT2D eigenvalue weighted by Crippen LogP contribution is 2.25. The highest BCUT2D eigenvalue weighted by molar-refractivity contribution is 9.08. The second-order valence-corrected chi connectivity index (χ2v) is 4.34.